The van der Waals surface area contributed by atoms with Gasteiger partial charge in [-0.25, -0.2) is 0 Å². The summed E-state index contributed by atoms with van der Waals surface area (Å²) in [4.78, 5) is 12.0. The molecule has 3 N–H and O–H groups in total. The quantitative estimate of drug-likeness (QED) is 0.581. The molecule has 0 aliphatic rings. The number of carbonyl (C=O) groups excluding carboxylic acids is 1. The van der Waals surface area contributed by atoms with Crippen LogP contribution in [-0.2, 0) is 6.42 Å². The lowest BCUT2D eigenvalue weighted by Crippen LogP contribution is -2.02. The first-order chi connectivity index (χ1) is 10.0. The van der Waals surface area contributed by atoms with E-state index in [4.69, 9.17) is 4.74 Å². The number of aryl methyl sites for hydroxylation is 1. The van der Waals surface area contributed by atoms with E-state index in [-0.39, 0.29) is 29.5 Å². The molecule has 0 radical (unpaired) electrons. The van der Waals surface area contributed by atoms with Gasteiger partial charge in [-0.3, -0.25) is 4.79 Å². The Balaban J connectivity index is 2.11. The highest BCUT2D eigenvalue weighted by Crippen LogP contribution is 2.33. The Labute approximate surface area is 122 Å². The molecular formula is C16H16O5. The minimum absolute atomic E-state index is 0.0791. The van der Waals surface area contributed by atoms with Crippen molar-refractivity contribution in [1.82, 2.24) is 0 Å². The van der Waals surface area contributed by atoms with E-state index in [1.165, 1.54) is 31.4 Å². The van der Waals surface area contributed by atoms with Crippen LogP contribution in [0.1, 0.15) is 22.3 Å². The van der Waals surface area contributed by atoms with E-state index in [9.17, 15) is 20.1 Å². The van der Waals surface area contributed by atoms with Gasteiger partial charge in [0.15, 0.2) is 17.3 Å². The number of benzene rings is 2. The average Bonchev–Trinajstić information content (AvgIpc) is 2.48. The fourth-order valence-electron chi connectivity index (χ4n) is 2.03. The fourth-order valence-corrected chi connectivity index (χ4v) is 2.03. The molecule has 0 aromatic heterocycles. The number of rotatable bonds is 5. The van der Waals surface area contributed by atoms with Gasteiger partial charge < -0.3 is 20.1 Å². The summed E-state index contributed by atoms with van der Waals surface area (Å²) in [6, 6.07) is 8.74. The first-order valence-corrected chi connectivity index (χ1v) is 6.42. The van der Waals surface area contributed by atoms with Gasteiger partial charge in [0, 0.05) is 18.1 Å². The standard InChI is InChI=1S/C16H16O5/c1-21-16-9-15(20)14(19)8-11(16)4-7-13(18)10-2-5-12(17)6-3-10/h2-3,5-6,8-9,17,19-20H,4,7H2,1H3. The molecule has 0 heterocycles. The molecule has 21 heavy (non-hydrogen) atoms. The van der Waals surface area contributed by atoms with Crippen molar-refractivity contribution < 1.29 is 24.9 Å². The average molecular weight is 288 g/mol. The van der Waals surface area contributed by atoms with Crippen molar-refractivity contribution in [3.8, 4) is 23.0 Å². The van der Waals surface area contributed by atoms with Crippen LogP contribution in [0.2, 0.25) is 0 Å². The van der Waals surface area contributed by atoms with Crippen LogP contribution in [0.25, 0.3) is 0 Å². The number of hydrogen-bond acceptors (Lipinski definition) is 5. The molecule has 2 rings (SSSR count). The summed E-state index contributed by atoms with van der Waals surface area (Å²) < 4.78 is 5.12. The van der Waals surface area contributed by atoms with E-state index in [0.717, 1.165) is 0 Å². The fraction of sp³-hybridized carbons (Fsp3) is 0.188. The van der Waals surface area contributed by atoms with E-state index in [0.29, 0.717) is 23.3 Å². The first kappa shape index (κ1) is 14.7. The molecule has 5 nitrogen and oxygen atoms in total. The maximum Gasteiger partial charge on any atom is 0.163 e. The number of hydrogen-bond donors (Lipinski definition) is 3. The Kier molecular flexibility index (Phi) is 4.33. The molecule has 0 aliphatic carbocycles. The number of phenolic OH excluding ortho intramolecular Hbond substituents is 3. The zero-order valence-electron chi connectivity index (χ0n) is 11.5. The second-order valence-electron chi connectivity index (χ2n) is 4.62. The van der Waals surface area contributed by atoms with Gasteiger partial charge in [-0.05, 0) is 42.3 Å². The number of carbonyl (C=O) groups is 1. The lowest BCUT2D eigenvalue weighted by molar-refractivity contribution is 0.0982. The first-order valence-electron chi connectivity index (χ1n) is 6.42. The van der Waals surface area contributed by atoms with Crippen LogP contribution in [0.3, 0.4) is 0 Å². The zero-order chi connectivity index (χ0) is 15.4. The maximum atomic E-state index is 12.0. The second kappa shape index (κ2) is 6.17. The van der Waals surface area contributed by atoms with Crippen LogP contribution in [-0.4, -0.2) is 28.2 Å². The molecule has 0 saturated heterocycles. The largest absolute Gasteiger partial charge is 0.508 e. The number of phenols is 3. The number of methoxy groups -OCH3 is 1. The third kappa shape index (κ3) is 3.45. The molecule has 0 fully saturated rings. The lowest BCUT2D eigenvalue weighted by Gasteiger charge is -2.10. The predicted molar refractivity (Wildman–Crippen MR) is 77.1 cm³/mol. The molecule has 0 unspecified atom stereocenters. The smallest absolute Gasteiger partial charge is 0.163 e. The van der Waals surface area contributed by atoms with E-state index in [1.54, 1.807) is 12.1 Å². The Hall–Kier alpha value is -2.69. The molecule has 0 atom stereocenters. The predicted octanol–water partition coefficient (Wildman–Crippen LogP) is 2.63. The summed E-state index contributed by atoms with van der Waals surface area (Å²) in [6.45, 7) is 0. The summed E-state index contributed by atoms with van der Waals surface area (Å²) in [5.41, 5.74) is 1.15. The third-order valence-corrected chi connectivity index (χ3v) is 3.19. The summed E-state index contributed by atoms with van der Waals surface area (Å²) in [5, 5.41) is 28.1. The van der Waals surface area contributed by atoms with Crippen LogP contribution in [0.5, 0.6) is 23.0 Å². The molecule has 0 aliphatic heterocycles. The normalized spacial score (nSPS) is 10.3. The monoisotopic (exact) mass is 288 g/mol. The minimum atomic E-state index is -0.263. The van der Waals surface area contributed by atoms with Crippen LogP contribution < -0.4 is 4.74 Å². The number of aromatic hydroxyl groups is 3. The highest BCUT2D eigenvalue weighted by Gasteiger charge is 2.12. The van der Waals surface area contributed by atoms with Crippen molar-refractivity contribution in [1.29, 1.82) is 0 Å². The van der Waals surface area contributed by atoms with Crippen molar-refractivity contribution in [2.45, 2.75) is 12.8 Å². The minimum Gasteiger partial charge on any atom is -0.508 e. The van der Waals surface area contributed by atoms with Gasteiger partial charge in [-0.1, -0.05) is 0 Å². The summed E-state index contributed by atoms with van der Waals surface area (Å²) >= 11 is 0. The molecule has 5 heteroatoms. The van der Waals surface area contributed by atoms with E-state index >= 15 is 0 Å². The van der Waals surface area contributed by atoms with Gasteiger partial charge in [0.05, 0.1) is 7.11 Å². The van der Waals surface area contributed by atoms with Gasteiger partial charge in [0.25, 0.3) is 0 Å². The van der Waals surface area contributed by atoms with Gasteiger partial charge in [0.1, 0.15) is 11.5 Å². The maximum absolute atomic E-state index is 12.0. The summed E-state index contributed by atoms with van der Waals surface area (Å²) in [7, 11) is 1.46. The van der Waals surface area contributed by atoms with E-state index < -0.39 is 0 Å². The molecule has 0 amide bonds. The molecule has 0 spiro atoms. The zero-order valence-corrected chi connectivity index (χ0v) is 11.5. The number of Topliss-reactive ketones (excluding diaryl/α,β-unsaturated/α-hetero) is 1. The van der Waals surface area contributed by atoms with Gasteiger partial charge >= 0.3 is 0 Å². The third-order valence-electron chi connectivity index (χ3n) is 3.19. The van der Waals surface area contributed by atoms with Gasteiger partial charge in [0.2, 0.25) is 0 Å². The Bertz CT molecular complexity index is 646. The van der Waals surface area contributed by atoms with E-state index in [1.807, 2.05) is 0 Å². The molecule has 0 saturated carbocycles. The van der Waals surface area contributed by atoms with Crippen molar-refractivity contribution in [2.24, 2.45) is 0 Å². The second-order valence-corrected chi connectivity index (χ2v) is 4.62. The van der Waals surface area contributed by atoms with Crippen LogP contribution in [0.15, 0.2) is 36.4 Å². The molecule has 110 valence electrons. The van der Waals surface area contributed by atoms with Crippen molar-refractivity contribution in [2.75, 3.05) is 7.11 Å². The van der Waals surface area contributed by atoms with Crippen molar-refractivity contribution >= 4 is 5.78 Å². The van der Waals surface area contributed by atoms with Crippen LogP contribution in [0, 0.1) is 0 Å². The molecular weight excluding hydrogens is 272 g/mol. The van der Waals surface area contributed by atoms with Gasteiger partial charge in [-0.15, -0.1) is 0 Å². The van der Waals surface area contributed by atoms with Crippen LogP contribution in [0.4, 0.5) is 0 Å². The van der Waals surface area contributed by atoms with Crippen molar-refractivity contribution in [3.63, 3.8) is 0 Å². The molecule has 2 aromatic rings. The SMILES string of the molecule is COc1cc(O)c(O)cc1CCC(=O)c1ccc(O)cc1. The Morgan fingerprint density at radius 3 is 2.29 bits per heavy atom. The highest BCUT2D eigenvalue weighted by molar-refractivity contribution is 5.96. The lowest BCUT2D eigenvalue weighted by atomic mass is 10.0. The number of ether oxygens (including phenoxy) is 1. The number of ketones is 1. The Morgan fingerprint density at radius 2 is 1.67 bits per heavy atom. The summed E-state index contributed by atoms with van der Waals surface area (Å²) in [5.74, 6) is -0.0616. The molecule has 2 aromatic carbocycles. The van der Waals surface area contributed by atoms with E-state index in [2.05, 4.69) is 0 Å². The van der Waals surface area contributed by atoms with Gasteiger partial charge in [-0.2, -0.15) is 0 Å². The Morgan fingerprint density at radius 1 is 1.05 bits per heavy atom. The van der Waals surface area contributed by atoms with Crippen LogP contribution >= 0.6 is 0 Å². The van der Waals surface area contributed by atoms with Crippen molar-refractivity contribution in [3.05, 3.63) is 47.5 Å². The highest BCUT2D eigenvalue weighted by atomic mass is 16.5. The summed E-state index contributed by atoms with van der Waals surface area (Å²) in [6.07, 6.45) is 0.599. The topological polar surface area (TPSA) is 87.0 Å². The molecule has 0 bridgehead atoms.